The van der Waals surface area contributed by atoms with Crippen LogP contribution in [-0.4, -0.2) is 37.6 Å². The van der Waals surface area contributed by atoms with Crippen LogP contribution in [0.2, 0.25) is 0 Å². The number of piperidine rings is 1. The van der Waals surface area contributed by atoms with Gasteiger partial charge in [0.2, 0.25) is 0 Å². The first-order valence-electron chi connectivity index (χ1n) is 6.14. The highest BCUT2D eigenvalue weighted by Gasteiger charge is 2.20. The molecule has 1 N–H and O–H groups in total. The number of nitriles is 1. The van der Waals surface area contributed by atoms with Crippen LogP contribution in [-0.2, 0) is 0 Å². The molecule has 1 fully saturated rings. The van der Waals surface area contributed by atoms with Crippen molar-refractivity contribution < 1.29 is 0 Å². The number of likely N-dealkylation sites (N-methyl/N-ethyl adjacent to an activating group) is 1. The van der Waals surface area contributed by atoms with Crippen LogP contribution in [0.5, 0.6) is 0 Å². The van der Waals surface area contributed by atoms with Crippen molar-refractivity contribution in [3.63, 3.8) is 0 Å². The van der Waals surface area contributed by atoms with Crippen LogP contribution in [0.15, 0.2) is 0 Å². The molecule has 0 amide bonds. The van der Waals surface area contributed by atoms with E-state index in [9.17, 15) is 0 Å². The minimum Gasteiger partial charge on any atom is -0.318 e. The van der Waals surface area contributed by atoms with Gasteiger partial charge in [0.25, 0.3) is 0 Å². The Morgan fingerprint density at radius 2 is 2.27 bits per heavy atom. The van der Waals surface area contributed by atoms with E-state index in [1.165, 1.54) is 38.8 Å². The summed E-state index contributed by atoms with van der Waals surface area (Å²) < 4.78 is 0. The SMILES string of the molecule is CNCC1CCCCN1CCCCC#N. The van der Waals surface area contributed by atoms with Gasteiger partial charge < -0.3 is 5.32 Å². The summed E-state index contributed by atoms with van der Waals surface area (Å²) in [5.74, 6) is 0. The molecule has 3 heteroatoms. The van der Waals surface area contributed by atoms with E-state index in [0.29, 0.717) is 6.42 Å². The molecule has 1 rings (SSSR count). The van der Waals surface area contributed by atoms with Crippen molar-refractivity contribution in [2.45, 2.75) is 44.6 Å². The van der Waals surface area contributed by atoms with Crippen LogP contribution in [0.3, 0.4) is 0 Å². The fourth-order valence-electron chi connectivity index (χ4n) is 2.34. The van der Waals surface area contributed by atoms with Crippen LogP contribution in [0, 0.1) is 11.3 Å². The molecule has 3 nitrogen and oxygen atoms in total. The summed E-state index contributed by atoms with van der Waals surface area (Å²) >= 11 is 0. The van der Waals surface area contributed by atoms with Crippen molar-refractivity contribution in [2.75, 3.05) is 26.7 Å². The lowest BCUT2D eigenvalue weighted by Gasteiger charge is -2.35. The normalized spacial score (nSPS) is 22.5. The second-order valence-electron chi connectivity index (χ2n) is 4.36. The lowest BCUT2D eigenvalue weighted by Crippen LogP contribution is -2.45. The summed E-state index contributed by atoms with van der Waals surface area (Å²) in [6, 6.07) is 2.94. The maximum atomic E-state index is 8.47. The monoisotopic (exact) mass is 209 g/mol. The number of hydrogen-bond acceptors (Lipinski definition) is 3. The van der Waals surface area contributed by atoms with Gasteiger partial charge in [-0.05, 0) is 45.8 Å². The average molecular weight is 209 g/mol. The molecule has 0 bridgehead atoms. The summed E-state index contributed by atoms with van der Waals surface area (Å²) in [6.07, 6.45) is 7.00. The maximum Gasteiger partial charge on any atom is 0.0621 e. The summed E-state index contributed by atoms with van der Waals surface area (Å²) in [7, 11) is 2.03. The second kappa shape index (κ2) is 7.67. The Kier molecular flexibility index (Phi) is 6.38. The number of likely N-dealkylation sites (tertiary alicyclic amines) is 1. The molecule has 1 heterocycles. The quantitative estimate of drug-likeness (QED) is 0.677. The molecule has 15 heavy (non-hydrogen) atoms. The Labute approximate surface area is 93.5 Å². The van der Waals surface area contributed by atoms with Crippen molar-refractivity contribution in [3.05, 3.63) is 0 Å². The van der Waals surface area contributed by atoms with Crippen LogP contribution in [0.1, 0.15) is 38.5 Å². The third kappa shape index (κ3) is 4.63. The van der Waals surface area contributed by atoms with Gasteiger partial charge in [-0.15, -0.1) is 0 Å². The molecule has 86 valence electrons. The summed E-state index contributed by atoms with van der Waals surface area (Å²) in [4.78, 5) is 2.59. The lowest BCUT2D eigenvalue weighted by molar-refractivity contribution is 0.145. The first-order chi connectivity index (χ1) is 7.38. The van der Waals surface area contributed by atoms with E-state index in [1.54, 1.807) is 0 Å². The number of nitrogens with one attached hydrogen (secondary N) is 1. The molecule has 0 radical (unpaired) electrons. The van der Waals surface area contributed by atoms with Crippen LogP contribution < -0.4 is 5.32 Å². The van der Waals surface area contributed by atoms with E-state index >= 15 is 0 Å². The molecule has 0 aromatic rings. The largest absolute Gasteiger partial charge is 0.318 e. The number of hydrogen-bond donors (Lipinski definition) is 1. The van der Waals surface area contributed by atoms with Gasteiger partial charge in [0, 0.05) is 19.0 Å². The molecule has 0 aromatic heterocycles. The summed E-state index contributed by atoms with van der Waals surface area (Å²) in [6.45, 7) is 3.53. The molecule has 1 aliphatic rings. The lowest BCUT2D eigenvalue weighted by atomic mass is 10.0. The topological polar surface area (TPSA) is 39.1 Å². The average Bonchev–Trinajstić information content (AvgIpc) is 2.27. The molecule has 0 aromatic carbocycles. The smallest absolute Gasteiger partial charge is 0.0621 e. The first kappa shape index (κ1) is 12.5. The fraction of sp³-hybridized carbons (Fsp3) is 0.917. The molecular formula is C12H23N3. The van der Waals surface area contributed by atoms with Gasteiger partial charge >= 0.3 is 0 Å². The number of nitrogens with zero attached hydrogens (tertiary/aromatic N) is 2. The van der Waals surface area contributed by atoms with E-state index in [4.69, 9.17) is 5.26 Å². The Morgan fingerprint density at radius 3 is 3.00 bits per heavy atom. The molecule has 0 aliphatic carbocycles. The van der Waals surface area contributed by atoms with E-state index in [0.717, 1.165) is 19.0 Å². The Hall–Kier alpha value is -0.590. The third-order valence-electron chi connectivity index (χ3n) is 3.17. The molecule has 0 spiro atoms. The van der Waals surface area contributed by atoms with Gasteiger partial charge in [0.1, 0.15) is 0 Å². The van der Waals surface area contributed by atoms with E-state index in [-0.39, 0.29) is 0 Å². The van der Waals surface area contributed by atoms with E-state index < -0.39 is 0 Å². The van der Waals surface area contributed by atoms with Gasteiger partial charge in [-0.25, -0.2) is 0 Å². The van der Waals surface area contributed by atoms with E-state index in [2.05, 4.69) is 16.3 Å². The summed E-state index contributed by atoms with van der Waals surface area (Å²) in [5, 5.41) is 11.7. The van der Waals surface area contributed by atoms with Gasteiger partial charge in [0.15, 0.2) is 0 Å². The standard InChI is InChI=1S/C12H23N3/c1-14-11-12-7-3-6-10-15(12)9-5-2-4-8-13/h12,14H,2-7,9-11H2,1H3. The predicted molar refractivity (Wildman–Crippen MR) is 62.6 cm³/mol. The second-order valence-corrected chi connectivity index (χ2v) is 4.36. The molecule has 0 saturated carbocycles. The maximum absolute atomic E-state index is 8.47. The predicted octanol–water partition coefficient (Wildman–Crippen LogP) is 1.75. The van der Waals surface area contributed by atoms with Crippen LogP contribution >= 0.6 is 0 Å². The van der Waals surface area contributed by atoms with Gasteiger partial charge in [-0.1, -0.05) is 6.42 Å². The van der Waals surface area contributed by atoms with Crippen molar-refractivity contribution >= 4 is 0 Å². The van der Waals surface area contributed by atoms with Crippen LogP contribution in [0.4, 0.5) is 0 Å². The van der Waals surface area contributed by atoms with E-state index in [1.807, 2.05) is 7.05 Å². The minimum atomic E-state index is 0.713. The zero-order chi connectivity index (χ0) is 10.9. The van der Waals surface area contributed by atoms with Crippen molar-refractivity contribution in [1.29, 1.82) is 5.26 Å². The molecule has 1 saturated heterocycles. The Bertz CT molecular complexity index is 196. The molecule has 1 unspecified atom stereocenters. The third-order valence-corrected chi connectivity index (χ3v) is 3.17. The number of rotatable bonds is 6. The zero-order valence-corrected chi connectivity index (χ0v) is 9.84. The zero-order valence-electron chi connectivity index (χ0n) is 9.84. The van der Waals surface area contributed by atoms with Crippen molar-refractivity contribution in [1.82, 2.24) is 10.2 Å². The van der Waals surface area contributed by atoms with Crippen molar-refractivity contribution in [2.24, 2.45) is 0 Å². The highest BCUT2D eigenvalue weighted by atomic mass is 15.2. The molecular weight excluding hydrogens is 186 g/mol. The fourth-order valence-corrected chi connectivity index (χ4v) is 2.34. The highest BCUT2D eigenvalue weighted by Crippen LogP contribution is 2.17. The Morgan fingerprint density at radius 1 is 1.40 bits per heavy atom. The van der Waals surface area contributed by atoms with Crippen LogP contribution in [0.25, 0.3) is 0 Å². The van der Waals surface area contributed by atoms with Gasteiger partial charge in [-0.2, -0.15) is 5.26 Å². The highest BCUT2D eigenvalue weighted by molar-refractivity contribution is 4.78. The summed E-state index contributed by atoms with van der Waals surface area (Å²) in [5.41, 5.74) is 0. The number of unbranched alkanes of at least 4 members (excludes halogenated alkanes) is 2. The molecule has 1 aliphatic heterocycles. The minimum absolute atomic E-state index is 0.713. The van der Waals surface area contributed by atoms with Gasteiger partial charge in [0.05, 0.1) is 6.07 Å². The Balaban J connectivity index is 2.20. The molecule has 1 atom stereocenters. The van der Waals surface area contributed by atoms with Gasteiger partial charge in [-0.3, -0.25) is 4.90 Å². The first-order valence-corrected chi connectivity index (χ1v) is 6.14. The van der Waals surface area contributed by atoms with Crippen molar-refractivity contribution in [3.8, 4) is 6.07 Å².